The maximum absolute atomic E-state index is 13.2. The number of hydrogen-bond donors (Lipinski definition) is 3. The molecule has 0 saturated carbocycles. The van der Waals surface area contributed by atoms with Crippen molar-refractivity contribution in [2.75, 3.05) is 16.0 Å². The number of hydrogen-bond acceptors (Lipinski definition) is 5. The van der Waals surface area contributed by atoms with Gasteiger partial charge in [0.2, 0.25) is 11.9 Å². The molecule has 0 spiro atoms. The van der Waals surface area contributed by atoms with Crippen LogP contribution in [-0.2, 0) is 9.59 Å². The summed E-state index contributed by atoms with van der Waals surface area (Å²) in [6.07, 6.45) is 1.45. The van der Waals surface area contributed by atoms with Crippen LogP contribution in [0.25, 0.3) is 0 Å². The molecule has 3 N–H and O–H groups in total. The first kappa shape index (κ1) is 18.4. The maximum Gasteiger partial charge on any atom is 0.255 e. The molecule has 8 heteroatoms. The van der Waals surface area contributed by atoms with Gasteiger partial charge >= 0.3 is 0 Å². The van der Waals surface area contributed by atoms with E-state index in [2.05, 4.69) is 26.0 Å². The van der Waals surface area contributed by atoms with Gasteiger partial charge in [-0.25, -0.2) is 4.68 Å². The number of anilines is 3. The molecule has 146 valence electrons. The first-order valence-corrected chi connectivity index (χ1v) is 9.14. The van der Waals surface area contributed by atoms with Crippen molar-refractivity contribution < 1.29 is 9.59 Å². The summed E-state index contributed by atoms with van der Waals surface area (Å²) >= 11 is 0. The number of nitrogens with one attached hydrogen (secondary N) is 3. The number of rotatable bonds is 4. The molecule has 0 saturated heterocycles. The summed E-state index contributed by atoms with van der Waals surface area (Å²) in [5.41, 5.74) is 3.49. The van der Waals surface area contributed by atoms with Crippen molar-refractivity contribution in [1.82, 2.24) is 14.8 Å². The molecule has 0 fully saturated rings. The van der Waals surface area contributed by atoms with Crippen LogP contribution in [0.4, 0.5) is 17.3 Å². The second-order valence-corrected chi connectivity index (χ2v) is 6.72. The zero-order valence-electron chi connectivity index (χ0n) is 16.0. The molecule has 2 aromatic carbocycles. The summed E-state index contributed by atoms with van der Waals surface area (Å²) in [5, 5.41) is 13.2. The van der Waals surface area contributed by atoms with Gasteiger partial charge in [0, 0.05) is 24.0 Å². The van der Waals surface area contributed by atoms with E-state index in [1.165, 1.54) is 13.3 Å². The molecule has 2 heterocycles. The molecule has 29 heavy (non-hydrogen) atoms. The number of allylic oxidation sites excluding steroid dienone is 1. The predicted octanol–water partition coefficient (Wildman–Crippen LogP) is 3.16. The quantitative estimate of drug-likeness (QED) is 0.637. The van der Waals surface area contributed by atoms with Crippen LogP contribution in [0.2, 0.25) is 0 Å². The van der Waals surface area contributed by atoms with Gasteiger partial charge in [0.1, 0.15) is 12.4 Å². The Bertz CT molecular complexity index is 1090. The van der Waals surface area contributed by atoms with Gasteiger partial charge in [-0.15, -0.1) is 0 Å². The van der Waals surface area contributed by atoms with Crippen molar-refractivity contribution in [3.8, 4) is 0 Å². The Morgan fingerprint density at radius 2 is 1.69 bits per heavy atom. The van der Waals surface area contributed by atoms with Crippen LogP contribution >= 0.6 is 0 Å². The SMILES string of the molecule is CC(=O)Nc1ccc(C2C(C(=O)Nc3ccccc3)=C(C)Nc3ncnn32)cc1. The lowest BCUT2D eigenvalue weighted by molar-refractivity contribution is -0.114. The van der Waals surface area contributed by atoms with Gasteiger partial charge in [0.05, 0.1) is 5.57 Å². The lowest BCUT2D eigenvalue weighted by Crippen LogP contribution is -2.31. The fraction of sp³-hybridized carbons (Fsp3) is 0.143. The Hall–Kier alpha value is -3.94. The highest BCUT2D eigenvalue weighted by atomic mass is 16.2. The normalized spacial score (nSPS) is 15.3. The smallest absolute Gasteiger partial charge is 0.255 e. The Labute approximate surface area is 167 Å². The second-order valence-electron chi connectivity index (χ2n) is 6.72. The van der Waals surface area contributed by atoms with Crippen LogP contribution < -0.4 is 16.0 Å². The minimum absolute atomic E-state index is 0.142. The third-order valence-corrected chi connectivity index (χ3v) is 4.62. The van der Waals surface area contributed by atoms with E-state index < -0.39 is 6.04 Å². The minimum Gasteiger partial charge on any atom is -0.328 e. The number of aromatic nitrogens is 3. The van der Waals surface area contributed by atoms with Crippen LogP contribution in [0.1, 0.15) is 25.5 Å². The molecular formula is C21H20N6O2. The monoisotopic (exact) mass is 388 g/mol. The highest BCUT2D eigenvalue weighted by Gasteiger charge is 2.33. The molecule has 3 aromatic rings. The molecule has 0 radical (unpaired) electrons. The fourth-order valence-corrected chi connectivity index (χ4v) is 3.37. The first-order valence-electron chi connectivity index (χ1n) is 9.14. The summed E-state index contributed by atoms with van der Waals surface area (Å²) in [4.78, 5) is 28.7. The Morgan fingerprint density at radius 1 is 1.00 bits per heavy atom. The molecule has 1 aliphatic heterocycles. The van der Waals surface area contributed by atoms with Gasteiger partial charge in [-0.1, -0.05) is 30.3 Å². The number of amides is 2. The van der Waals surface area contributed by atoms with Gasteiger partial charge in [-0.2, -0.15) is 10.1 Å². The average molecular weight is 388 g/mol. The summed E-state index contributed by atoms with van der Waals surface area (Å²) < 4.78 is 1.68. The summed E-state index contributed by atoms with van der Waals surface area (Å²) in [7, 11) is 0. The number of carbonyl (C=O) groups is 2. The van der Waals surface area contributed by atoms with Crippen molar-refractivity contribution in [3.63, 3.8) is 0 Å². The van der Waals surface area contributed by atoms with Crippen LogP contribution in [0.3, 0.4) is 0 Å². The van der Waals surface area contributed by atoms with E-state index in [1.54, 1.807) is 16.8 Å². The largest absolute Gasteiger partial charge is 0.328 e. The summed E-state index contributed by atoms with van der Waals surface area (Å²) in [6.45, 7) is 3.30. The molecule has 1 unspecified atom stereocenters. The zero-order valence-corrected chi connectivity index (χ0v) is 16.0. The first-order chi connectivity index (χ1) is 14.0. The number of nitrogens with zero attached hydrogens (tertiary/aromatic N) is 3. The maximum atomic E-state index is 13.2. The summed E-state index contributed by atoms with van der Waals surface area (Å²) in [5.74, 6) is 0.199. The van der Waals surface area contributed by atoms with Crippen molar-refractivity contribution in [2.24, 2.45) is 0 Å². The number of para-hydroxylation sites is 1. The molecule has 8 nitrogen and oxygen atoms in total. The Morgan fingerprint density at radius 3 is 2.38 bits per heavy atom. The molecule has 4 rings (SSSR count). The van der Waals surface area contributed by atoms with E-state index >= 15 is 0 Å². The zero-order chi connectivity index (χ0) is 20.4. The fourth-order valence-electron chi connectivity index (χ4n) is 3.37. The molecule has 1 atom stereocenters. The molecule has 0 bridgehead atoms. The lowest BCUT2D eigenvalue weighted by Gasteiger charge is -2.28. The van der Waals surface area contributed by atoms with Crippen LogP contribution in [0.15, 0.2) is 72.2 Å². The molecule has 1 aliphatic rings. The van der Waals surface area contributed by atoms with E-state index in [4.69, 9.17) is 0 Å². The van der Waals surface area contributed by atoms with Crippen LogP contribution in [0.5, 0.6) is 0 Å². The number of carbonyl (C=O) groups excluding carboxylic acids is 2. The van der Waals surface area contributed by atoms with Gasteiger partial charge < -0.3 is 16.0 Å². The van der Waals surface area contributed by atoms with E-state index in [1.807, 2.05) is 49.4 Å². The average Bonchev–Trinajstić information content (AvgIpc) is 3.16. The van der Waals surface area contributed by atoms with Crippen molar-refractivity contribution >= 4 is 29.1 Å². The topological polar surface area (TPSA) is 101 Å². The van der Waals surface area contributed by atoms with Gasteiger partial charge in [-0.3, -0.25) is 9.59 Å². The van der Waals surface area contributed by atoms with Crippen molar-refractivity contribution in [1.29, 1.82) is 0 Å². The molecule has 2 amide bonds. The van der Waals surface area contributed by atoms with Crippen LogP contribution in [0, 0.1) is 0 Å². The summed E-state index contributed by atoms with van der Waals surface area (Å²) in [6, 6.07) is 16.2. The van der Waals surface area contributed by atoms with Crippen molar-refractivity contribution in [2.45, 2.75) is 19.9 Å². The van der Waals surface area contributed by atoms with E-state index in [0.717, 1.165) is 5.56 Å². The predicted molar refractivity (Wildman–Crippen MR) is 110 cm³/mol. The van der Waals surface area contributed by atoms with Crippen LogP contribution in [-0.4, -0.2) is 26.6 Å². The second kappa shape index (κ2) is 7.59. The van der Waals surface area contributed by atoms with Gasteiger partial charge in [0.15, 0.2) is 0 Å². The highest BCUT2D eigenvalue weighted by Crippen LogP contribution is 2.35. The molecule has 0 aliphatic carbocycles. The number of fused-ring (bicyclic) bond motifs is 1. The Balaban J connectivity index is 1.72. The van der Waals surface area contributed by atoms with Crippen molar-refractivity contribution in [3.05, 3.63) is 77.8 Å². The third-order valence-electron chi connectivity index (χ3n) is 4.62. The highest BCUT2D eigenvalue weighted by molar-refractivity contribution is 6.06. The van der Waals surface area contributed by atoms with Gasteiger partial charge in [0.25, 0.3) is 5.91 Å². The Kier molecular flexibility index (Phi) is 4.82. The molecular weight excluding hydrogens is 368 g/mol. The van der Waals surface area contributed by atoms with Gasteiger partial charge in [-0.05, 0) is 36.8 Å². The van der Waals surface area contributed by atoms with E-state index in [9.17, 15) is 9.59 Å². The minimum atomic E-state index is -0.455. The van der Waals surface area contributed by atoms with E-state index in [0.29, 0.717) is 28.6 Å². The standard InChI is InChI=1S/C21H20N6O2/c1-13-18(20(29)26-16-6-4-3-5-7-16)19(27-21(24-13)22-12-23-27)15-8-10-17(11-9-15)25-14(2)28/h3-12,19H,1-2H3,(H,25,28)(H,26,29)(H,22,23,24). The lowest BCUT2D eigenvalue weighted by atomic mass is 9.94. The molecule has 1 aromatic heterocycles. The van der Waals surface area contributed by atoms with E-state index in [-0.39, 0.29) is 11.8 Å². The third kappa shape index (κ3) is 3.73. The number of benzene rings is 2.